The standard InChI is InChI=1S/C7H7NO3S/c1-12(10)6-4-11-3-5(6)2-7(9)8-12/h3-4H,2H2,1H3. The summed E-state index contributed by atoms with van der Waals surface area (Å²) < 4.78 is 20.1. The summed E-state index contributed by atoms with van der Waals surface area (Å²) >= 11 is 0. The fourth-order valence-electron chi connectivity index (χ4n) is 1.21. The second-order valence-corrected chi connectivity index (χ2v) is 4.95. The number of hydrogen-bond donors (Lipinski definition) is 0. The Hall–Kier alpha value is -1.10. The smallest absolute Gasteiger partial charge is 0.258 e. The molecule has 2 heterocycles. The van der Waals surface area contributed by atoms with Crippen LogP contribution in [0.3, 0.4) is 0 Å². The van der Waals surface area contributed by atoms with Crippen molar-refractivity contribution in [3.05, 3.63) is 18.1 Å². The number of rotatable bonds is 0. The van der Waals surface area contributed by atoms with E-state index in [-0.39, 0.29) is 12.3 Å². The van der Waals surface area contributed by atoms with Crippen molar-refractivity contribution in [2.45, 2.75) is 11.3 Å². The van der Waals surface area contributed by atoms with Gasteiger partial charge in [-0.05, 0) is 0 Å². The number of hydrogen-bond acceptors (Lipinski definition) is 3. The molecule has 5 heteroatoms. The van der Waals surface area contributed by atoms with Crippen LogP contribution in [-0.2, 0) is 20.9 Å². The second kappa shape index (κ2) is 2.20. The SMILES string of the molecule is CS1(=O)=NC(=O)Cc2cocc21. The van der Waals surface area contributed by atoms with Gasteiger partial charge in [0.05, 0.1) is 27.3 Å². The highest BCUT2D eigenvalue weighted by Crippen LogP contribution is 2.23. The molecule has 2 rings (SSSR count). The average molecular weight is 185 g/mol. The van der Waals surface area contributed by atoms with Crippen LogP contribution >= 0.6 is 0 Å². The topological polar surface area (TPSA) is 59.6 Å². The van der Waals surface area contributed by atoms with Crippen molar-refractivity contribution in [2.24, 2.45) is 4.36 Å². The zero-order chi connectivity index (χ0) is 8.77. The van der Waals surface area contributed by atoms with Gasteiger partial charge < -0.3 is 4.42 Å². The third-order valence-electron chi connectivity index (χ3n) is 1.73. The number of amides is 1. The highest BCUT2D eigenvalue weighted by molar-refractivity contribution is 7.93. The monoisotopic (exact) mass is 185 g/mol. The van der Waals surface area contributed by atoms with Crippen LogP contribution in [0.5, 0.6) is 0 Å². The minimum absolute atomic E-state index is 0.205. The lowest BCUT2D eigenvalue weighted by Gasteiger charge is -2.07. The summed E-state index contributed by atoms with van der Waals surface area (Å²) in [5.41, 5.74) is 0.697. The van der Waals surface area contributed by atoms with Crippen LogP contribution in [0.1, 0.15) is 5.56 Å². The summed E-state index contributed by atoms with van der Waals surface area (Å²) in [4.78, 5) is 11.5. The molecule has 64 valence electrons. The van der Waals surface area contributed by atoms with Crippen LogP contribution < -0.4 is 0 Å². The lowest BCUT2D eigenvalue weighted by Crippen LogP contribution is -2.12. The maximum absolute atomic E-state index is 11.7. The van der Waals surface area contributed by atoms with E-state index in [9.17, 15) is 9.00 Å². The number of furan rings is 1. The molecule has 1 aromatic rings. The fraction of sp³-hybridized carbons (Fsp3) is 0.286. The molecule has 0 saturated heterocycles. The minimum Gasteiger partial charge on any atom is -0.471 e. The van der Waals surface area contributed by atoms with Crippen molar-refractivity contribution in [1.29, 1.82) is 0 Å². The van der Waals surface area contributed by atoms with Crippen LogP contribution in [0.25, 0.3) is 0 Å². The Morgan fingerprint density at radius 3 is 3.08 bits per heavy atom. The Bertz CT molecular complexity index is 451. The van der Waals surface area contributed by atoms with E-state index in [1.54, 1.807) is 0 Å². The first-order valence-corrected chi connectivity index (χ1v) is 5.32. The first kappa shape index (κ1) is 7.54. The molecule has 1 atom stereocenters. The lowest BCUT2D eigenvalue weighted by atomic mass is 10.2. The summed E-state index contributed by atoms with van der Waals surface area (Å²) in [5, 5.41) is 0. The van der Waals surface area contributed by atoms with Gasteiger partial charge in [-0.15, -0.1) is 0 Å². The van der Waals surface area contributed by atoms with Gasteiger partial charge in [0.25, 0.3) is 5.91 Å². The van der Waals surface area contributed by atoms with Gasteiger partial charge in [0.15, 0.2) is 0 Å². The largest absolute Gasteiger partial charge is 0.471 e. The molecule has 1 aliphatic heterocycles. The summed E-state index contributed by atoms with van der Waals surface area (Å²) in [7, 11) is -2.52. The van der Waals surface area contributed by atoms with E-state index >= 15 is 0 Å². The first-order valence-electron chi connectivity index (χ1n) is 3.40. The van der Waals surface area contributed by atoms with E-state index in [1.165, 1.54) is 18.8 Å². The molecular weight excluding hydrogens is 178 g/mol. The third kappa shape index (κ3) is 0.972. The molecule has 0 aromatic carbocycles. The molecule has 0 bridgehead atoms. The van der Waals surface area contributed by atoms with Crippen molar-refractivity contribution in [3.8, 4) is 0 Å². The molecule has 1 unspecified atom stereocenters. The van der Waals surface area contributed by atoms with Crippen molar-refractivity contribution in [2.75, 3.05) is 6.26 Å². The average Bonchev–Trinajstić information content (AvgIpc) is 2.32. The quantitative estimate of drug-likeness (QED) is 0.601. The van der Waals surface area contributed by atoms with Crippen LogP contribution in [0.4, 0.5) is 0 Å². The van der Waals surface area contributed by atoms with Gasteiger partial charge >= 0.3 is 0 Å². The van der Waals surface area contributed by atoms with Crippen molar-refractivity contribution in [3.63, 3.8) is 0 Å². The molecule has 1 amide bonds. The molecule has 1 aromatic heterocycles. The summed E-state index contributed by atoms with van der Waals surface area (Å²) in [6.07, 6.45) is 4.49. The number of carbonyl (C=O) groups excluding carboxylic acids is 1. The summed E-state index contributed by atoms with van der Waals surface area (Å²) in [5.74, 6) is -0.337. The van der Waals surface area contributed by atoms with Gasteiger partial charge in [-0.25, -0.2) is 4.21 Å². The summed E-state index contributed by atoms with van der Waals surface area (Å²) in [6.45, 7) is 0. The molecule has 4 nitrogen and oxygen atoms in total. The molecule has 12 heavy (non-hydrogen) atoms. The van der Waals surface area contributed by atoms with E-state index in [2.05, 4.69) is 4.36 Å². The Kier molecular flexibility index (Phi) is 1.38. The highest BCUT2D eigenvalue weighted by Gasteiger charge is 2.22. The predicted octanol–water partition coefficient (Wildman–Crippen LogP) is 0.819. The maximum atomic E-state index is 11.7. The number of carbonyl (C=O) groups is 1. The summed E-state index contributed by atoms with van der Waals surface area (Å²) in [6, 6.07) is 0. The molecule has 0 N–H and O–H groups in total. The zero-order valence-electron chi connectivity index (χ0n) is 6.44. The zero-order valence-corrected chi connectivity index (χ0v) is 7.26. The van der Waals surface area contributed by atoms with Crippen molar-refractivity contribution >= 4 is 15.6 Å². The van der Waals surface area contributed by atoms with E-state index in [1.807, 2.05) is 0 Å². The fourth-order valence-corrected chi connectivity index (χ4v) is 2.60. The second-order valence-electron chi connectivity index (χ2n) is 2.73. The van der Waals surface area contributed by atoms with Gasteiger partial charge in [-0.3, -0.25) is 4.79 Å². The van der Waals surface area contributed by atoms with Gasteiger partial charge in [0.1, 0.15) is 6.26 Å². The number of fused-ring (bicyclic) bond motifs is 1. The molecule has 1 aliphatic rings. The molecule has 0 radical (unpaired) electrons. The Labute approximate surface area is 69.8 Å². The Morgan fingerprint density at radius 1 is 1.58 bits per heavy atom. The Morgan fingerprint density at radius 2 is 2.33 bits per heavy atom. The van der Waals surface area contributed by atoms with Gasteiger partial charge in [0, 0.05) is 11.8 Å². The van der Waals surface area contributed by atoms with Crippen molar-refractivity contribution in [1.82, 2.24) is 0 Å². The molecule has 0 aliphatic carbocycles. The highest BCUT2D eigenvalue weighted by atomic mass is 32.2. The minimum atomic E-state index is -2.52. The van der Waals surface area contributed by atoms with Crippen LogP contribution in [0.15, 0.2) is 26.2 Å². The van der Waals surface area contributed by atoms with E-state index in [4.69, 9.17) is 4.42 Å². The predicted molar refractivity (Wildman–Crippen MR) is 42.2 cm³/mol. The molecule has 0 fully saturated rings. The van der Waals surface area contributed by atoms with Crippen LogP contribution in [0, 0.1) is 0 Å². The molecule has 0 saturated carbocycles. The van der Waals surface area contributed by atoms with Crippen LogP contribution in [0.2, 0.25) is 0 Å². The third-order valence-corrected chi connectivity index (χ3v) is 3.45. The van der Waals surface area contributed by atoms with Crippen LogP contribution in [-0.4, -0.2) is 16.4 Å². The first-order chi connectivity index (χ1) is 5.59. The maximum Gasteiger partial charge on any atom is 0.258 e. The van der Waals surface area contributed by atoms with E-state index < -0.39 is 9.73 Å². The Balaban J connectivity index is 2.77. The van der Waals surface area contributed by atoms with Crippen molar-refractivity contribution < 1.29 is 13.4 Å². The molecular formula is C7H7NO3S. The van der Waals surface area contributed by atoms with E-state index in [0.29, 0.717) is 10.5 Å². The lowest BCUT2D eigenvalue weighted by molar-refractivity contribution is -0.117. The normalized spacial score (nSPS) is 27.9. The van der Waals surface area contributed by atoms with Gasteiger partial charge in [0.2, 0.25) is 0 Å². The van der Waals surface area contributed by atoms with E-state index in [0.717, 1.165) is 0 Å². The van der Waals surface area contributed by atoms with Gasteiger partial charge in [-0.1, -0.05) is 0 Å². The number of nitrogens with zero attached hydrogens (tertiary/aromatic N) is 1. The molecule has 0 spiro atoms. The van der Waals surface area contributed by atoms with Gasteiger partial charge in [-0.2, -0.15) is 4.36 Å².